The summed E-state index contributed by atoms with van der Waals surface area (Å²) >= 11 is 0. The lowest BCUT2D eigenvalue weighted by atomic mass is 10.1. The van der Waals surface area contributed by atoms with Gasteiger partial charge in [0, 0.05) is 18.3 Å². The summed E-state index contributed by atoms with van der Waals surface area (Å²) in [7, 11) is -0.863. The predicted molar refractivity (Wildman–Crippen MR) is 104 cm³/mol. The molecule has 0 aliphatic heterocycles. The van der Waals surface area contributed by atoms with Crippen molar-refractivity contribution in [1.82, 2.24) is 9.62 Å². The second kappa shape index (κ2) is 8.32. The Hall–Kier alpha value is -2.71. The number of carbonyl (C=O) groups is 2. The van der Waals surface area contributed by atoms with Gasteiger partial charge < -0.3 is 10.2 Å². The van der Waals surface area contributed by atoms with Gasteiger partial charge in [-0.15, -0.1) is 0 Å². The van der Waals surface area contributed by atoms with Gasteiger partial charge in [0.05, 0.1) is 11.4 Å². The summed E-state index contributed by atoms with van der Waals surface area (Å²) in [5, 5.41) is 2.79. The number of amides is 2. The molecule has 0 spiro atoms. The predicted octanol–water partition coefficient (Wildman–Crippen LogP) is 1.92. The molecule has 0 atom stereocenters. The molecule has 2 N–H and O–H groups in total. The minimum Gasteiger partial charge on any atom is -0.332 e. The van der Waals surface area contributed by atoms with Crippen molar-refractivity contribution in [2.75, 3.05) is 26.0 Å². The van der Waals surface area contributed by atoms with Crippen LogP contribution in [0.3, 0.4) is 0 Å². The van der Waals surface area contributed by atoms with Crippen LogP contribution < -0.4 is 10.0 Å². The molecule has 0 aliphatic rings. The summed E-state index contributed by atoms with van der Waals surface area (Å²) < 4.78 is 26.0. The number of rotatable bonds is 6. The first-order valence-corrected chi connectivity index (χ1v) is 9.79. The van der Waals surface area contributed by atoms with Gasteiger partial charge in [-0.3, -0.25) is 9.59 Å². The number of carbonyl (C=O) groups excluding carboxylic acids is 2. The molecule has 2 aromatic carbocycles. The highest BCUT2D eigenvalue weighted by Crippen LogP contribution is 2.18. The summed E-state index contributed by atoms with van der Waals surface area (Å²) in [6.45, 7) is 3.70. The number of benzene rings is 2. The van der Waals surface area contributed by atoms with Crippen LogP contribution in [-0.2, 0) is 14.8 Å². The number of anilines is 1. The standard InChI is InChI=1S/C19H23N3O4S/c1-13-7-5-10-17(14(13)2)21-18(23)12-22(4)19(24)15-8-6-9-16(11-15)27(25,26)20-3/h5-11,20H,12H2,1-4H3,(H,21,23). The average molecular weight is 389 g/mol. The topological polar surface area (TPSA) is 95.6 Å². The lowest BCUT2D eigenvalue weighted by Crippen LogP contribution is -2.35. The number of hydrogen-bond acceptors (Lipinski definition) is 4. The summed E-state index contributed by atoms with van der Waals surface area (Å²) in [6, 6.07) is 11.3. The molecule has 2 rings (SSSR count). The van der Waals surface area contributed by atoms with Gasteiger partial charge in [0.1, 0.15) is 0 Å². The molecule has 2 aromatic rings. The highest BCUT2D eigenvalue weighted by molar-refractivity contribution is 7.89. The van der Waals surface area contributed by atoms with Crippen LogP contribution in [0.1, 0.15) is 21.5 Å². The van der Waals surface area contributed by atoms with E-state index in [1.54, 1.807) is 6.07 Å². The third kappa shape index (κ3) is 4.93. The lowest BCUT2D eigenvalue weighted by Gasteiger charge is -2.18. The van der Waals surface area contributed by atoms with E-state index in [9.17, 15) is 18.0 Å². The molecule has 0 unspecified atom stereocenters. The SMILES string of the molecule is CNS(=O)(=O)c1cccc(C(=O)N(C)CC(=O)Nc2cccc(C)c2C)c1. The highest BCUT2D eigenvalue weighted by atomic mass is 32.2. The molecule has 8 heteroatoms. The van der Waals surface area contributed by atoms with E-state index >= 15 is 0 Å². The van der Waals surface area contributed by atoms with Crippen LogP contribution in [0.5, 0.6) is 0 Å². The molecule has 0 fully saturated rings. The van der Waals surface area contributed by atoms with Gasteiger partial charge in [-0.25, -0.2) is 13.1 Å². The molecule has 0 aromatic heterocycles. The average Bonchev–Trinajstić information content (AvgIpc) is 2.64. The van der Waals surface area contributed by atoms with Crippen LogP contribution >= 0.6 is 0 Å². The zero-order chi connectivity index (χ0) is 20.2. The van der Waals surface area contributed by atoms with Crippen LogP contribution in [0.25, 0.3) is 0 Å². The first-order chi connectivity index (χ1) is 12.7. The normalized spacial score (nSPS) is 11.1. The summed E-state index contributed by atoms with van der Waals surface area (Å²) in [5.41, 5.74) is 2.90. The van der Waals surface area contributed by atoms with E-state index in [2.05, 4.69) is 10.0 Å². The van der Waals surface area contributed by atoms with E-state index in [4.69, 9.17) is 0 Å². The van der Waals surface area contributed by atoms with Gasteiger partial charge in [-0.05, 0) is 56.3 Å². The maximum Gasteiger partial charge on any atom is 0.254 e. The number of nitrogens with one attached hydrogen (secondary N) is 2. The van der Waals surface area contributed by atoms with Crippen LogP contribution in [0.2, 0.25) is 0 Å². The maximum absolute atomic E-state index is 12.6. The molecule has 0 saturated heterocycles. The fourth-order valence-corrected chi connectivity index (χ4v) is 3.27. The molecular formula is C19H23N3O4S. The van der Waals surface area contributed by atoms with Crippen molar-refractivity contribution in [1.29, 1.82) is 0 Å². The Labute approximate surface area is 159 Å². The van der Waals surface area contributed by atoms with E-state index in [1.807, 2.05) is 26.0 Å². The molecule has 144 valence electrons. The Morgan fingerprint density at radius 3 is 2.41 bits per heavy atom. The third-order valence-electron chi connectivity index (χ3n) is 4.27. The first-order valence-electron chi connectivity index (χ1n) is 8.31. The molecule has 0 radical (unpaired) electrons. The molecular weight excluding hydrogens is 366 g/mol. The summed E-state index contributed by atoms with van der Waals surface area (Å²) in [4.78, 5) is 26.1. The number of hydrogen-bond donors (Lipinski definition) is 2. The zero-order valence-electron chi connectivity index (χ0n) is 15.7. The van der Waals surface area contributed by atoms with E-state index in [0.29, 0.717) is 5.69 Å². The maximum atomic E-state index is 12.6. The summed E-state index contributed by atoms with van der Waals surface area (Å²) in [6.07, 6.45) is 0. The number of nitrogens with zero attached hydrogens (tertiary/aromatic N) is 1. The van der Waals surface area contributed by atoms with E-state index in [0.717, 1.165) is 11.1 Å². The molecule has 0 bridgehead atoms. The fourth-order valence-electron chi connectivity index (χ4n) is 2.50. The van der Waals surface area contributed by atoms with Crippen LogP contribution in [0.4, 0.5) is 5.69 Å². The van der Waals surface area contributed by atoms with Crippen LogP contribution in [0, 0.1) is 13.8 Å². The second-order valence-electron chi connectivity index (χ2n) is 6.19. The zero-order valence-corrected chi connectivity index (χ0v) is 16.6. The largest absolute Gasteiger partial charge is 0.332 e. The van der Waals surface area contributed by atoms with Crippen molar-refractivity contribution >= 4 is 27.5 Å². The van der Waals surface area contributed by atoms with Crippen molar-refractivity contribution < 1.29 is 18.0 Å². The number of sulfonamides is 1. The van der Waals surface area contributed by atoms with Gasteiger partial charge in [0.2, 0.25) is 15.9 Å². The second-order valence-corrected chi connectivity index (χ2v) is 8.08. The highest BCUT2D eigenvalue weighted by Gasteiger charge is 2.18. The van der Waals surface area contributed by atoms with Gasteiger partial charge in [-0.2, -0.15) is 0 Å². The Kier molecular flexibility index (Phi) is 6.35. The van der Waals surface area contributed by atoms with Gasteiger partial charge >= 0.3 is 0 Å². The van der Waals surface area contributed by atoms with Crippen LogP contribution in [-0.4, -0.2) is 45.8 Å². The van der Waals surface area contributed by atoms with E-state index in [1.165, 1.54) is 43.3 Å². The Balaban J connectivity index is 2.10. The molecule has 7 nitrogen and oxygen atoms in total. The monoisotopic (exact) mass is 389 g/mol. The van der Waals surface area contributed by atoms with Crippen molar-refractivity contribution in [3.8, 4) is 0 Å². The van der Waals surface area contributed by atoms with Gasteiger partial charge in [0.25, 0.3) is 5.91 Å². The molecule has 0 heterocycles. The van der Waals surface area contributed by atoms with Crippen molar-refractivity contribution in [3.63, 3.8) is 0 Å². The lowest BCUT2D eigenvalue weighted by molar-refractivity contribution is -0.116. The third-order valence-corrected chi connectivity index (χ3v) is 5.68. The molecule has 2 amide bonds. The Morgan fingerprint density at radius 2 is 1.74 bits per heavy atom. The fraction of sp³-hybridized carbons (Fsp3) is 0.263. The van der Waals surface area contributed by atoms with Gasteiger partial charge in [-0.1, -0.05) is 18.2 Å². The van der Waals surface area contributed by atoms with Crippen molar-refractivity contribution in [2.45, 2.75) is 18.7 Å². The smallest absolute Gasteiger partial charge is 0.254 e. The number of aryl methyl sites for hydroxylation is 1. The van der Waals surface area contributed by atoms with Crippen molar-refractivity contribution in [3.05, 3.63) is 59.2 Å². The van der Waals surface area contributed by atoms with Crippen LogP contribution in [0.15, 0.2) is 47.4 Å². The first kappa shape index (κ1) is 20.6. The van der Waals surface area contributed by atoms with Gasteiger partial charge in [0.15, 0.2) is 0 Å². The molecule has 0 saturated carbocycles. The Bertz CT molecular complexity index is 971. The minimum absolute atomic E-state index is 0.0101. The summed E-state index contributed by atoms with van der Waals surface area (Å²) in [5.74, 6) is -0.780. The van der Waals surface area contributed by atoms with E-state index < -0.39 is 15.9 Å². The quantitative estimate of drug-likeness (QED) is 0.789. The minimum atomic E-state index is -3.65. The number of likely N-dealkylation sites (N-methyl/N-ethyl adjacent to an activating group) is 1. The van der Waals surface area contributed by atoms with Crippen molar-refractivity contribution in [2.24, 2.45) is 0 Å². The van der Waals surface area contributed by atoms with E-state index in [-0.39, 0.29) is 22.9 Å². The molecule has 27 heavy (non-hydrogen) atoms. The Morgan fingerprint density at radius 1 is 1.07 bits per heavy atom. The molecule has 0 aliphatic carbocycles.